The van der Waals surface area contributed by atoms with Gasteiger partial charge in [-0.15, -0.1) is 11.8 Å². The summed E-state index contributed by atoms with van der Waals surface area (Å²) in [5, 5.41) is 8.65. The van der Waals surface area contributed by atoms with Crippen LogP contribution < -0.4 is 5.84 Å². The number of hydrogen-bond acceptors (Lipinski definition) is 3. The second-order valence-electron chi connectivity index (χ2n) is 0.911. The van der Waals surface area contributed by atoms with Crippen molar-refractivity contribution < 1.29 is 5.21 Å². The Bertz CT molecular complexity index is 44.1. The van der Waals surface area contributed by atoms with E-state index in [-0.39, 0.29) is 0 Å². The van der Waals surface area contributed by atoms with E-state index in [9.17, 15) is 0 Å². The maximum atomic E-state index is 8.09. The molecule has 0 heterocycles. The number of nitrogens with two attached hydrogens (primary N) is 1. The molecule has 3 N–H and O–H groups in total. The van der Waals surface area contributed by atoms with Crippen LogP contribution in [-0.4, -0.2) is 16.9 Å². The summed E-state index contributed by atoms with van der Waals surface area (Å²) in [6.45, 7) is 3.62. The minimum Gasteiger partial charge on any atom is -0.299 e. The van der Waals surface area contributed by atoms with Gasteiger partial charge < -0.3 is 0 Å². The molecule has 0 aromatic carbocycles. The lowest BCUT2D eigenvalue weighted by atomic mass is 10.7. The van der Waals surface area contributed by atoms with Crippen LogP contribution in [0, 0.1) is 0 Å². The van der Waals surface area contributed by atoms with Gasteiger partial charge in [0.05, 0.1) is 6.54 Å². The second-order valence-corrected chi connectivity index (χ2v) is 0.911. The van der Waals surface area contributed by atoms with Crippen molar-refractivity contribution in [3.63, 3.8) is 0 Å². The topological polar surface area (TPSA) is 49.5 Å². The highest BCUT2D eigenvalue weighted by Gasteiger charge is 1.78. The number of hydrazine groups is 1. The molecule has 36 valence electrons. The van der Waals surface area contributed by atoms with Gasteiger partial charge in [0.15, 0.2) is 0 Å². The van der Waals surface area contributed by atoms with Gasteiger partial charge in [-0.05, 0) is 0 Å². The molecule has 0 rings (SSSR count). The summed E-state index contributed by atoms with van der Waals surface area (Å²) in [5.41, 5.74) is 0. The summed E-state index contributed by atoms with van der Waals surface area (Å²) in [7, 11) is 0. The Morgan fingerprint density at radius 1 is 2.00 bits per heavy atom. The lowest BCUT2D eigenvalue weighted by Gasteiger charge is -1.99. The van der Waals surface area contributed by atoms with E-state index in [4.69, 9.17) is 11.0 Å². The van der Waals surface area contributed by atoms with Crippen molar-refractivity contribution in [2.24, 2.45) is 5.84 Å². The van der Waals surface area contributed by atoms with Gasteiger partial charge in [0.25, 0.3) is 0 Å². The zero-order valence-electron chi connectivity index (χ0n) is 3.46. The van der Waals surface area contributed by atoms with E-state index in [0.717, 1.165) is 0 Å². The van der Waals surface area contributed by atoms with Crippen molar-refractivity contribution in [2.45, 2.75) is 0 Å². The summed E-state index contributed by atoms with van der Waals surface area (Å²) in [6.07, 6.45) is 1.50. The smallest absolute Gasteiger partial charge is 0.0574 e. The molecular weight excluding hydrogens is 80.0 g/mol. The van der Waals surface area contributed by atoms with Crippen LogP contribution >= 0.6 is 0 Å². The molecule has 0 amide bonds. The van der Waals surface area contributed by atoms with Crippen LogP contribution in [-0.2, 0) is 0 Å². The van der Waals surface area contributed by atoms with E-state index in [0.29, 0.717) is 11.7 Å². The predicted octanol–water partition coefficient (Wildman–Crippen LogP) is -0.263. The van der Waals surface area contributed by atoms with Crippen LogP contribution in [0.25, 0.3) is 0 Å². The Labute approximate surface area is 36.6 Å². The molecule has 0 aliphatic carbocycles. The van der Waals surface area contributed by atoms with Crippen molar-refractivity contribution in [1.29, 1.82) is 0 Å². The Morgan fingerprint density at radius 3 is 2.50 bits per heavy atom. The molecule has 0 unspecified atom stereocenters. The average Bonchev–Trinajstić information content (AvgIpc) is 1.35. The molecule has 0 saturated carbocycles. The van der Waals surface area contributed by atoms with Crippen LogP contribution in [0.1, 0.15) is 0 Å². The van der Waals surface area contributed by atoms with Gasteiger partial charge in [-0.25, -0.2) is 5.84 Å². The first-order chi connectivity index (χ1) is 2.77. The van der Waals surface area contributed by atoms with Crippen LogP contribution in [0.15, 0.2) is 12.7 Å². The first-order valence-corrected chi connectivity index (χ1v) is 1.59. The monoisotopic (exact) mass is 88.1 g/mol. The molecule has 0 atom stereocenters. The van der Waals surface area contributed by atoms with Crippen molar-refractivity contribution in [2.75, 3.05) is 6.54 Å². The van der Waals surface area contributed by atoms with Crippen molar-refractivity contribution in [3.8, 4) is 0 Å². The maximum absolute atomic E-state index is 8.09. The number of hydroxylamine groups is 1. The molecule has 3 heteroatoms. The zero-order valence-corrected chi connectivity index (χ0v) is 3.46. The molecule has 0 spiro atoms. The fourth-order valence-electron chi connectivity index (χ4n) is 0.132. The highest BCUT2D eigenvalue weighted by atomic mass is 16.5. The molecular formula is C3H8N2O. The molecule has 0 fully saturated rings. The molecule has 0 aromatic rings. The van der Waals surface area contributed by atoms with Gasteiger partial charge in [0.2, 0.25) is 0 Å². The fraction of sp³-hybridized carbons (Fsp3) is 0.333. The third-order valence-corrected chi connectivity index (χ3v) is 0.316. The minimum absolute atomic E-state index is 0.306. The fourth-order valence-corrected chi connectivity index (χ4v) is 0.132. The molecule has 3 nitrogen and oxygen atoms in total. The molecule has 0 aromatic heterocycles. The molecule has 0 aliphatic rings. The maximum Gasteiger partial charge on any atom is 0.0574 e. The van der Waals surface area contributed by atoms with E-state index in [1.54, 1.807) is 0 Å². The lowest BCUT2D eigenvalue weighted by molar-refractivity contribution is -0.0821. The van der Waals surface area contributed by atoms with Gasteiger partial charge in [0, 0.05) is 0 Å². The predicted molar refractivity (Wildman–Crippen MR) is 22.9 cm³/mol. The van der Waals surface area contributed by atoms with Crippen molar-refractivity contribution >= 4 is 0 Å². The minimum atomic E-state index is 0.306. The van der Waals surface area contributed by atoms with E-state index in [1.165, 1.54) is 6.08 Å². The standard InChI is InChI=1S/C3H8N2O/c1-2-3-5(4)6/h2,6H,1,3-4H2. The van der Waals surface area contributed by atoms with Gasteiger partial charge in [-0.3, -0.25) is 5.21 Å². The Morgan fingerprint density at radius 2 is 2.50 bits per heavy atom. The summed E-state index contributed by atoms with van der Waals surface area (Å²) >= 11 is 0. The quantitative estimate of drug-likeness (QED) is 0.278. The normalized spacial score (nSPS) is 9.17. The van der Waals surface area contributed by atoms with Crippen LogP contribution in [0.5, 0.6) is 0 Å². The number of rotatable bonds is 2. The SMILES string of the molecule is C=CCN(N)O. The van der Waals surface area contributed by atoms with E-state index in [2.05, 4.69) is 6.58 Å². The first-order valence-electron chi connectivity index (χ1n) is 1.59. The third-order valence-electron chi connectivity index (χ3n) is 0.316. The first kappa shape index (κ1) is 5.62. The Hall–Kier alpha value is -0.380. The highest BCUT2D eigenvalue weighted by Crippen LogP contribution is 1.63. The zero-order chi connectivity index (χ0) is 4.99. The van der Waals surface area contributed by atoms with Crippen LogP contribution in [0.4, 0.5) is 0 Å². The summed E-state index contributed by atoms with van der Waals surface area (Å²) in [4.78, 5) is 0. The third kappa shape index (κ3) is 3.62. The average molecular weight is 88.1 g/mol. The highest BCUT2D eigenvalue weighted by molar-refractivity contribution is 4.65. The van der Waals surface area contributed by atoms with Crippen LogP contribution in [0.2, 0.25) is 0 Å². The molecule has 6 heavy (non-hydrogen) atoms. The van der Waals surface area contributed by atoms with E-state index < -0.39 is 0 Å². The molecule has 0 aliphatic heterocycles. The molecule has 0 bridgehead atoms. The second kappa shape index (κ2) is 2.84. The van der Waals surface area contributed by atoms with E-state index in [1.807, 2.05) is 0 Å². The number of hydrogen-bond donors (Lipinski definition) is 2. The van der Waals surface area contributed by atoms with Gasteiger partial charge >= 0.3 is 0 Å². The largest absolute Gasteiger partial charge is 0.299 e. The summed E-state index contributed by atoms with van der Waals surface area (Å²) in [6, 6.07) is 0. The number of nitrogens with zero attached hydrogens (tertiary/aromatic N) is 1. The Kier molecular flexibility index (Phi) is 2.66. The summed E-state index contributed by atoms with van der Waals surface area (Å²) in [5.74, 6) is 4.72. The Balaban J connectivity index is 2.81. The molecule has 0 saturated heterocycles. The van der Waals surface area contributed by atoms with E-state index >= 15 is 0 Å². The van der Waals surface area contributed by atoms with Crippen molar-refractivity contribution in [1.82, 2.24) is 5.17 Å². The van der Waals surface area contributed by atoms with Gasteiger partial charge in [0.1, 0.15) is 0 Å². The summed E-state index contributed by atoms with van der Waals surface area (Å²) < 4.78 is 0. The lowest BCUT2D eigenvalue weighted by Crippen LogP contribution is -2.26. The van der Waals surface area contributed by atoms with Gasteiger partial charge in [-0.1, -0.05) is 6.08 Å². The van der Waals surface area contributed by atoms with Crippen LogP contribution in [0.3, 0.4) is 0 Å². The van der Waals surface area contributed by atoms with Crippen molar-refractivity contribution in [3.05, 3.63) is 12.7 Å². The molecule has 0 radical (unpaired) electrons. The van der Waals surface area contributed by atoms with Gasteiger partial charge in [-0.2, -0.15) is 0 Å².